The van der Waals surface area contributed by atoms with Gasteiger partial charge in [0, 0.05) is 12.6 Å². The minimum atomic E-state index is 0.526. The second kappa shape index (κ2) is 4.79. The molecule has 1 aliphatic heterocycles. The van der Waals surface area contributed by atoms with Crippen molar-refractivity contribution in [3.05, 3.63) is 29.3 Å². The Morgan fingerprint density at radius 2 is 2.12 bits per heavy atom. The minimum Gasteiger partial charge on any atom is -0.367 e. The van der Waals surface area contributed by atoms with Crippen LogP contribution in [0.15, 0.2) is 18.2 Å². The van der Waals surface area contributed by atoms with Crippen molar-refractivity contribution in [3.8, 4) is 6.07 Å². The van der Waals surface area contributed by atoms with Crippen LogP contribution in [0.3, 0.4) is 0 Å². The van der Waals surface area contributed by atoms with Gasteiger partial charge in [0.2, 0.25) is 0 Å². The molecule has 2 atom stereocenters. The zero-order chi connectivity index (χ0) is 12.4. The van der Waals surface area contributed by atoms with Crippen LogP contribution in [0.25, 0.3) is 0 Å². The van der Waals surface area contributed by atoms with E-state index in [1.54, 1.807) is 0 Å². The van der Waals surface area contributed by atoms with Crippen molar-refractivity contribution in [3.63, 3.8) is 0 Å². The predicted octanol–water partition coefficient (Wildman–Crippen LogP) is 3.49. The molecule has 17 heavy (non-hydrogen) atoms. The normalized spacial score (nSPS) is 24.5. The van der Waals surface area contributed by atoms with Crippen LogP contribution >= 0.6 is 0 Å². The van der Waals surface area contributed by atoms with Crippen molar-refractivity contribution >= 4 is 5.69 Å². The summed E-state index contributed by atoms with van der Waals surface area (Å²) in [5, 5.41) is 9.25. The molecule has 1 aromatic rings. The third-order valence-corrected chi connectivity index (χ3v) is 3.96. The molecule has 2 rings (SSSR count). The maximum atomic E-state index is 9.25. The van der Waals surface area contributed by atoms with E-state index in [1.807, 2.05) is 13.0 Å². The van der Waals surface area contributed by atoms with E-state index >= 15 is 0 Å². The van der Waals surface area contributed by atoms with E-state index in [4.69, 9.17) is 0 Å². The van der Waals surface area contributed by atoms with Gasteiger partial charge in [0.15, 0.2) is 0 Å². The van der Waals surface area contributed by atoms with Crippen LogP contribution in [0.2, 0.25) is 0 Å². The molecule has 1 aromatic carbocycles. The van der Waals surface area contributed by atoms with Crippen LogP contribution in [0.4, 0.5) is 5.69 Å². The van der Waals surface area contributed by atoms with Crippen molar-refractivity contribution in [1.29, 1.82) is 5.26 Å². The summed E-state index contributed by atoms with van der Waals surface area (Å²) in [5.74, 6) is 0.705. The van der Waals surface area contributed by atoms with E-state index in [0.29, 0.717) is 12.0 Å². The highest BCUT2D eigenvalue weighted by atomic mass is 15.2. The number of nitriles is 1. The SMILES string of the molecule is Cc1ccc(N2CCCC(C)C2C)c(C#N)c1. The molecule has 1 fully saturated rings. The Balaban J connectivity index is 2.36. The Morgan fingerprint density at radius 1 is 1.35 bits per heavy atom. The van der Waals surface area contributed by atoms with Gasteiger partial charge in [-0.25, -0.2) is 0 Å². The maximum absolute atomic E-state index is 9.25. The Hall–Kier alpha value is -1.49. The number of hydrogen-bond acceptors (Lipinski definition) is 2. The topological polar surface area (TPSA) is 27.0 Å². The largest absolute Gasteiger partial charge is 0.367 e. The Kier molecular flexibility index (Phi) is 3.38. The molecule has 0 saturated carbocycles. The van der Waals surface area contributed by atoms with Gasteiger partial charge >= 0.3 is 0 Å². The number of hydrogen-bond donors (Lipinski definition) is 0. The second-order valence-corrected chi connectivity index (χ2v) is 5.19. The third kappa shape index (κ3) is 2.29. The Labute approximate surface area is 104 Å². The number of nitrogens with zero attached hydrogens (tertiary/aromatic N) is 2. The number of rotatable bonds is 1. The Bertz CT molecular complexity index is 445. The molecule has 0 bridgehead atoms. The van der Waals surface area contributed by atoms with Crippen LogP contribution in [-0.2, 0) is 0 Å². The van der Waals surface area contributed by atoms with E-state index in [2.05, 4.69) is 36.9 Å². The molecule has 2 unspecified atom stereocenters. The molecule has 0 spiro atoms. The smallest absolute Gasteiger partial charge is 0.101 e. The van der Waals surface area contributed by atoms with Crippen molar-refractivity contribution in [2.24, 2.45) is 5.92 Å². The summed E-state index contributed by atoms with van der Waals surface area (Å²) < 4.78 is 0. The maximum Gasteiger partial charge on any atom is 0.101 e. The average Bonchev–Trinajstić information content (AvgIpc) is 2.33. The van der Waals surface area contributed by atoms with Crippen molar-refractivity contribution in [2.75, 3.05) is 11.4 Å². The van der Waals surface area contributed by atoms with E-state index in [1.165, 1.54) is 12.8 Å². The van der Waals surface area contributed by atoms with Gasteiger partial charge in [-0.15, -0.1) is 0 Å². The number of anilines is 1. The lowest BCUT2D eigenvalue weighted by atomic mass is 9.91. The van der Waals surface area contributed by atoms with Gasteiger partial charge in [0.25, 0.3) is 0 Å². The lowest BCUT2D eigenvalue weighted by Crippen LogP contribution is -2.42. The van der Waals surface area contributed by atoms with Gasteiger partial charge in [-0.05, 0) is 50.3 Å². The highest BCUT2D eigenvalue weighted by Crippen LogP contribution is 2.30. The fourth-order valence-corrected chi connectivity index (χ4v) is 2.67. The van der Waals surface area contributed by atoms with E-state index in [-0.39, 0.29) is 0 Å². The van der Waals surface area contributed by atoms with Gasteiger partial charge in [0.1, 0.15) is 6.07 Å². The van der Waals surface area contributed by atoms with Gasteiger partial charge in [-0.3, -0.25) is 0 Å². The van der Waals surface area contributed by atoms with Crippen molar-refractivity contribution < 1.29 is 0 Å². The zero-order valence-corrected chi connectivity index (χ0v) is 10.9. The van der Waals surface area contributed by atoms with E-state index in [9.17, 15) is 5.26 Å². The van der Waals surface area contributed by atoms with Gasteiger partial charge in [-0.1, -0.05) is 13.0 Å². The van der Waals surface area contributed by atoms with Crippen LogP contribution in [-0.4, -0.2) is 12.6 Å². The summed E-state index contributed by atoms with van der Waals surface area (Å²) in [4.78, 5) is 2.40. The van der Waals surface area contributed by atoms with Crippen molar-refractivity contribution in [2.45, 2.75) is 39.7 Å². The molecular formula is C15H20N2. The molecule has 1 saturated heterocycles. The summed E-state index contributed by atoms with van der Waals surface area (Å²) in [6, 6.07) is 9.04. The van der Waals surface area contributed by atoms with Gasteiger partial charge in [-0.2, -0.15) is 5.26 Å². The van der Waals surface area contributed by atoms with Gasteiger partial charge in [0.05, 0.1) is 11.3 Å². The summed E-state index contributed by atoms with van der Waals surface area (Å²) in [6.07, 6.45) is 2.52. The summed E-state index contributed by atoms with van der Waals surface area (Å²) >= 11 is 0. The molecule has 0 aliphatic carbocycles. The fraction of sp³-hybridized carbons (Fsp3) is 0.533. The first-order chi connectivity index (χ1) is 8.13. The molecule has 90 valence electrons. The first-order valence-electron chi connectivity index (χ1n) is 6.41. The monoisotopic (exact) mass is 228 g/mol. The predicted molar refractivity (Wildman–Crippen MR) is 71.1 cm³/mol. The molecule has 1 heterocycles. The second-order valence-electron chi connectivity index (χ2n) is 5.19. The van der Waals surface area contributed by atoms with Crippen LogP contribution in [0.5, 0.6) is 0 Å². The van der Waals surface area contributed by atoms with Crippen LogP contribution in [0.1, 0.15) is 37.8 Å². The number of piperidine rings is 1. The highest BCUT2D eigenvalue weighted by molar-refractivity contribution is 5.61. The van der Waals surface area contributed by atoms with Crippen LogP contribution in [0, 0.1) is 24.2 Å². The zero-order valence-electron chi connectivity index (χ0n) is 10.9. The molecule has 2 nitrogen and oxygen atoms in total. The fourth-order valence-electron chi connectivity index (χ4n) is 2.67. The van der Waals surface area contributed by atoms with E-state index < -0.39 is 0 Å². The molecule has 0 N–H and O–H groups in total. The van der Waals surface area contributed by atoms with E-state index in [0.717, 1.165) is 23.4 Å². The average molecular weight is 228 g/mol. The highest BCUT2D eigenvalue weighted by Gasteiger charge is 2.26. The first-order valence-corrected chi connectivity index (χ1v) is 6.41. The summed E-state index contributed by atoms with van der Waals surface area (Å²) in [6.45, 7) is 7.68. The summed E-state index contributed by atoms with van der Waals surface area (Å²) in [7, 11) is 0. The molecule has 0 radical (unpaired) electrons. The molecule has 0 amide bonds. The quantitative estimate of drug-likeness (QED) is 0.735. The molecule has 1 aliphatic rings. The van der Waals surface area contributed by atoms with Crippen LogP contribution < -0.4 is 4.90 Å². The van der Waals surface area contributed by atoms with Crippen molar-refractivity contribution in [1.82, 2.24) is 0 Å². The minimum absolute atomic E-state index is 0.526. The molecule has 0 aromatic heterocycles. The summed E-state index contributed by atoms with van der Waals surface area (Å²) in [5.41, 5.74) is 3.08. The third-order valence-electron chi connectivity index (χ3n) is 3.96. The van der Waals surface area contributed by atoms with Gasteiger partial charge < -0.3 is 4.90 Å². The molecular weight excluding hydrogens is 208 g/mol. The standard InChI is InChI=1S/C15H20N2/c1-11-6-7-15(14(9-11)10-16)17-8-4-5-12(2)13(17)3/h6-7,9,12-13H,4-5,8H2,1-3H3. The lowest BCUT2D eigenvalue weighted by molar-refractivity contribution is 0.363. The molecule has 2 heteroatoms. The number of benzene rings is 1. The first kappa shape index (κ1) is 12.0. The number of aryl methyl sites for hydroxylation is 1. The Morgan fingerprint density at radius 3 is 2.82 bits per heavy atom. The lowest BCUT2D eigenvalue weighted by Gasteiger charge is -2.40.